The number of nitriles is 2. The summed E-state index contributed by atoms with van der Waals surface area (Å²) in [5.41, 5.74) is 0.713. The molecule has 1 aromatic carbocycles. The quantitative estimate of drug-likeness (QED) is 0.690. The molecule has 1 atom stereocenters. The molecular weight excluding hydrogens is 412 g/mol. The fourth-order valence-electron chi connectivity index (χ4n) is 2.24. The zero-order valence-electron chi connectivity index (χ0n) is 13.7. The molecule has 0 spiro atoms. The van der Waals surface area contributed by atoms with E-state index in [1.165, 1.54) is 36.4 Å². The molecule has 1 aliphatic rings. The molecule has 0 saturated carbocycles. The standard InChI is InChI=1S/C14H14O6S2.C2N2.H2S/c15-21(16,17)14(22(18,19)20)11-5-4-8-13(14)10-9-12-6-2-1-3-7-12;3-1-2-4;/h1-11,13H,(H,15,16,17)(H,18,19,20);;1H2. The Kier molecular flexibility index (Phi) is 9.16. The van der Waals surface area contributed by atoms with Crippen molar-refractivity contribution >= 4 is 39.8 Å². The number of allylic oxidation sites excluding steroid dienone is 4. The normalized spacial score (nSPS) is 17.7. The Labute approximate surface area is 164 Å². The molecule has 8 nitrogen and oxygen atoms in total. The number of nitrogens with zero attached hydrogens (tertiary/aromatic N) is 2. The van der Waals surface area contributed by atoms with Gasteiger partial charge in [-0.1, -0.05) is 60.7 Å². The van der Waals surface area contributed by atoms with E-state index in [9.17, 15) is 25.9 Å². The van der Waals surface area contributed by atoms with E-state index in [2.05, 4.69) is 0 Å². The minimum absolute atomic E-state index is 0. The monoisotopic (exact) mass is 428 g/mol. The molecule has 11 heteroatoms. The molecule has 27 heavy (non-hydrogen) atoms. The molecule has 1 aromatic rings. The van der Waals surface area contributed by atoms with E-state index in [1.54, 1.807) is 30.3 Å². The van der Waals surface area contributed by atoms with Crippen LogP contribution in [0.5, 0.6) is 0 Å². The van der Waals surface area contributed by atoms with Crippen LogP contribution in [0.15, 0.2) is 60.7 Å². The molecule has 1 unspecified atom stereocenters. The second-order valence-corrected chi connectivity index (χ2v) is 8.44. The molecule has 0 radical (unpaired) electrons. The van der Waals surface area contributed by atoms with Gasteiger partial charge in [0.2, 0.25) is 4.08 Å². The topological polar surface area (TPSA) is 156 Å². The fourth-order valence-corrected chi connectivity index (χ4v) is 4.81. The summed E-state index contributed by atoms with van der Waals surface area (Å²) in [5, 5.41) is 14.5. The lowest BCUT2D eigenvalue weighted by Gasteiger charge is -2.30. The van der Waals surface area contributed by atoms with Crippen LogP contribution in [-0.4, -0.2) is 30.0 Å². The van der Waals surface area contributed by atoms with Crippen LogP contribution in [0.25, 0.3) is 6.08 Å². The zero-order valence-corrected chi connectivity index (χ0v) is 16.3. The number of rotatable bonds is 4. The predicted molar refractivity (Wildman–Crippen MR) is 105 cm³/mol. The second kappa shape index (κ2) is 10.1. The van der Waals surface area contributed by atoms with Crippen LogP contribution in [-0.2, 0) is 20.2 Å². The Hall–Kier alpha value is -2.41. The van der Waals surface area contributed by atoms with E-state index in [4.69, 9.17) is 10.5 Å². The molecule has 0 aromatic heterocycles. The molecular formula is C16H16N2O6S3. The molecule has 0 saturated heterocycles. The van der Waals surface area contributed by atoms with Crippen molar-refractivity contribution in [3.63, 3.8) is 0 Å². The third-order valence-corrected chi connectivity index (χ3v) is 7.07. The van der Waals surface area contributed by atoms with Crippen LogP contribution >= 0.6 is 13.5 Å². The molecule has 2 rings (SSSR count). The maximum Gasteiger partial charge on any atom is 0.292 e. The third kappa shape index (κ3) is 5.79. The minimum Gasteiger partial charge on any atom is -0.284 e. The van der Waals surface area contributed by atoms with Gasteiger partial charge in [0.1, 0.15) is 0 Å². The highest BCUT2D eigenvalue weighted by Crippen LogP contribution is 2.38. The average Bonchev–Trinajstić information content (AvgIpc) is 2.59. The lowest BCUT2D eigenvalue weighted by atomic mass is 9.98. The Balaban J connectivity index is 0.00000123. The smallest absolute Gasteiger partial charge is 0.284 e. The predicted octanol–water partition coefficient (Wildman–Crippen LogP) is 2.06. The zero-order chi connectivity index (χ0) is 19.8. The summed E-state index contributed by atoms with van der Waals surface area (Å²) in [7, 11) is -10.3. The van der Waals surface area contributed by atoms with E-state index >= 15 is 0 Å². The van der Waals surface area contributed by atoms with Gasteiger partial charge >= 0.3 is 0 Å². The summed E-state index contributed by atoms with van der Waals surface area (Å²) in [5.74, 6) is -1.28. The van der Waals surface area contributed by atoms with Gasteiger partial charge in [-0.2, -0.15) is 40.9 Å². The molecule has 1 aliphatic carbocycles. The fraction of sp³-hybridized carbons (Fsp3) is 0.125. The first-order valence-corrected chi connectivity index (χ1v) is 9.79. The van der Waals surface area contributed by atoms with Crippen molar-refractivity contribution in [3.8, 4) is 12.1 Å². The van der Waals surface area contributed by atoms with Crippen molar-refractivity contribution in [1.82, 2.24) is 0 Å². The van der Waals surface area contributed by atoms with Crippen LogP contribution < -0.4 is 0 Å². The third-order valence-electron chi connectivity index (χ3n) is 3.37. The summed E-state index contributed by atoms with van der Waals surface area (Å²) in [6.45, 7) is 0. The highest BCUT2D eigenvalue weighted by molar-refractivity contribution is 8.05. The number of hydrogen-bond acceptors (Lipinski definition) is 6. The van der Waals surface area contributed by atoms with Crippen LogP contribution in [0.2, 0.25) is 0 Å². The molecule has 0 amide bonds. The van der Waals surface area contributed by atoms with Crippen LogP contribution in [0.4, 0.5) is 0 Å². The number of hydrogen-bond donors (Lipinski definition) is 2. The maximum absolute atomic E-state index is 11.7. The van der Waals surface area contributed by atoms with E-state index in [0.29, 0.717) is 5.56 Å². The van der Waals surface area contributed by atoms with Gasteiger partial charge in [-0.05, 0) is 11.6 Å². The van der Waals surface area contributed by atoms with Crippen molar-refractivity contribution < 1.29 is 25.9 Å². The van der Waals surface area contributed by atoms with Crippen molar-refractivity contribution in [2.75, 3.05) is 0 Å². The first kappa shape index (κ1) is 24.6. The van der Waals surface area contributed by atoms with E-state index < -0.39 is 30.2 Å². The first-order chi connectivity index (χ1) is 12.1. The number of benzene rings is 1. The summed E-state index contributed by atoms with van der Waals surface area (Å²) in [6.07, 6.45) is 7.44. The van der Waals surface area contributed by atoms with Crippen molar-refractivity contribution in [2.24, 2.45) is 5.92 Å². The Bertz CT molecular complexity index is 970. The van der Waals surface area contributed by atoms with Crippen molar-refractivity contribution in [1.29, 1.82) is 10.5 Å². The van der Waals surface area contributed by atoms with Crippen molar-refractivity contribution in [3.05, 3.63) is 66.3 Å². The Morgan fingerprint density at radius 2 is 1.48 bits per heavy atom. The van der Waals surface area contributed by atoms with Gasteiger partial charge in [0, 0.05) is 5.92 Å². The Morgan fingerprint density at radius 3 is 1.93 bits per heavy atom. The van der Waals surface area contributed by atoms with Gasteiger partial charge in [-0.15, -0.1) is 0 Å². The Morgan fingerprint density at radius 1 is 0.963 bits per heavy atom. The van der Waals surface area contributed by atoms with Crippen LogP contribution in [0, 0.1) is 28.6 Å². The summed E-state index contributed by atoms with van der Waals surface area (Å²) >= 11 is 0. The summed E-state index contributed by atoms with van der Waals surface area (Å²) in [4.78, 5) is 0. The largest absolute Gasteiger partial charge is 0.292 e. The van der Waals surface area contributed by atoms with Crippen LogP contribution in [0.3, 0.4) is 0 Å². The van der Waals surface area contributed by atoms with Gasteiger partial charge in [0.05, 0.1) is 0 Å². The molecule has 2 N–H and O–H groups in total. The lowest BCUT2D eigenvalue weighted by molar-refractivity contribution is 0.425. The van der Waals surface area contributed by atoms with Crippen LogP contribution in [0.1, 0.15) is 5.56 Å². The van der Waals surface area contributed by atoms with Gasteiger partial charge in [-0.25, -0.2) is 0 Å². The molecule has 0 fully saturated rings. The van der Waals surface area contributed by atoms with E-state index in [1.807, 2.05) is 0 Å². The molecule has 0 aliphatic heterocycles. The summed E-state index contributed by atoms with van der Waals surface area (Å²) in [6, 6.07) is 11.3. The lowest BCUT2D eigenvalue weighted by Crippen LogP contribution is -2.50. The second-order valence-electron chi connectivity index (χ2n) is 4.93. The highest BCUT2D eigenvalue weighted by atomic mass is 32.3. The maximum atomic E-state index is 11.7. The van der Waals surface area contributed by atoms with E-state index in [-0.39, 0.29) is 13.5 Å². The molecule has 144 valence electrons. The van der Waals surface area contributed by atoms with Crippen molar-refractivity contribution in [2.45, 2.75) is 4.08 Å². The van der Waals surface area contributed by atoms with Gasteiger partial charge in [0.25, 0.3) is 20.2 Å². The molecule has 0 bridgehead atoms. The highest BCUT2D eigenvalue weighted by Gasteiger charge is 2.57. The minimum atomic E-state index is -5.13. The van der Waals surface area contributed by atoms with Gasteiger partial charge in [-0.3, -0.25) is 9.11 Å². The summed E-state index contributed by atoms with van der Waals surface area (Å²) < 4.78 is 62.7. The SMILES string of the molecule is N#CC#N.O=S(=O)(O)C1(S(=O)(=O)O)C=CC=CC1C=Cc1ccccc1.S. The van der Waals surface area contributed by atoms with E-state index in [0.717, 1.165) is 12.2 Å². The van der Waals surface area contributed by atoms with Gasteiger partial charge < -0.3 is 0 Å². The van der Waals surface area contributed by atoms with Gasteiger partial charge in [0.15, 0.2) is 12.1 Å². The average molecular weight is 429 g/mol. The molecule has 0 heterocycles. The first-order valence-electron chi connectivity index (χ1n) is 6.91.